The van der Waals surface area contributed by atoms with E-state index in [-0.39, 0.29) is 18.4 Å². The summed E-state index contributed by atoms with van der Waals surface area (Å²) in [4.78, 5) is 28.3. The second-order valence-corrected chi connectivity index (χ2v) is 7.32. The van der Waals surface area contributed by atoms with Crippen LogP contribution in [0.2, 0.25) is 0 Å². The third kappa shape index (κ3) is 5.84. The highest BCUT2D eigenvalue weighted by atomic mass is 16.2. The summed E-state index contributed by atoms with van der Waals surface area (Å²) in [6, 6.07) is 18.0. The van der Waals surface area contributed by atoms with Crippen LogP contribution < -0.4 is 10.2 Å². The van der Waals surface area contributed by atoms with Crippen molar-refractivity contribution in [3.8, 4) is 0 Å². The predicted molar refractivity (Wildman–Crippen MR) is 114 cm³/mol. The van der Waals surface area contributed by atoms with Crippen molar-refractivity contribution in [2.24, 2.45) is 0 Å². The maximum absolute atomic E-state index is 12.4. The van der Waals surface area contributed by atoms with Crippen LogP contribution in [0.25, 0.3) is 0 Å². The molecule has 1 aliphatic rings. The molecule has 1 saturated heterocycles. The van der Waals surface area contributed by atoms with Gasteiger partial charge in [0, 0.05) is 37.9 Å². The fourth-order valence-corrected chi connectivity index (χ4v) is 3.54. The minimum atomic E-state index is -0.172. The van der Waals surface area contributed by atoms with Crippen LogP contribution in [-0.2, 0) is 16.0 Å². The van der Waals surface area contributed by atoms with Gasteiger partial charge in [-0.25, -0.2) is 0 Å². The first-order chi connectivity index (χ1) is 13.6. The molecule has 1 fully saturated rings. The number of amides is 2. The van der Waals surface area contributed by atoms with E-state index in [4.69, 9.17) is 0 Å². The van der Waals surface area contributed by atoms with Crippen LogP contribution >= 0.6 is 0 Å². The quantitative estimate of drug-likeness (QED) is 0.798. The molecule has 0 bridgehead atoms. The van der Waals surface area contributed by atoms with Crippen LogP contribution in [0.1, 0.15) is 31.7 Å². The zero-order chi connectivity index (χ0) is 19.8. The van der Waals surface area contributed by atoms with Crippen molar-refractivity contribution in [3.63, 3.8) is 0 Å². The van der Waals surface area contributed by atoms with Crippen molar-refractivity contribution in [2.45, 2.75) is 32.6 Å². The smallest absolute Gasteiger partial charge is 0.243 e. The maximum Gasteiger partial charge on any atom is 0.243 e. The van der Waals surface area contributed by atoms with Gasteiger partial charge in [0.1, 0.15) is 0 Å². The summed E-state index contributed by atoms with van der Waals surface area (Å²) in [5.74, 6) is -0.263. The second kappa shape index (κ2) is 9.93. The zero-order valence-corrected chi connectivity index (χ0v) is 16.6. The van der Waals surface area contributed by atoms with Gasteiger partial charge in [0.25, 0.3) is 0 Å². The summed E-state index contributed by atoms with van der Waals surface area (Å²) in [6.45, 7) is 4.30. The number of piperidine rings is 1. The van der Waals surface area contributed by atoms with Crippen LogP contribution in [0.15, 0.2) is 54.6 Å². The molecule has 148 valence electrons. The predicted octanol–water partition coefficient (Wildman–Crippen LogP) is 3.71. The van der Waals surface area contributed by atoms with E-state index in [9.17, 15) is 9.59 Å². The summed E-state index contributed by atoms with van der Waals surface area (Å²) >= 11 is 0. The normalized spacial score (nSPS) is 13.8. The first-order valence-electron chi connectivity index (χ1n) is 10.1. The molecule has 1 aliphatic heterocycles. The van der Waals surface area contributed by atoms with Crippen molar-refractivity contribution in [3.05, 3.63) is 60.2 Å². The molecule has 5 heteroatoms. The molecule has 3 rings (SSSR count). The first-order valence-corrected chi connectivity index (χ1v) is 10.1. The van der Waals surface area contributed by atoms with Crippen molar-refractivity contribution < 1.29 is 9.59 Å². The highest BCUT2D eigenvalue weighted by Gasteiger charge is 2.14. The molecule has 5 nitrogen and oxygen atoms in total. The molecule has 0 aromatic heterocycles. The summed E-state index contributed by atoms with van der Waals surface area (Å²) in [5.41, 5.74) is 3.12. The zero-order valence-electron chi connectivity index (χ0n) is 16.6. The third-order valence-corrected chi connectivity index (χ3v) is 5.17. The first kappa shape index (κ1) is 19.9. The number of carbonyl (C=O) groups is 2. The molecule has 0 aliphatic carbocycles. The fourth-order valence-electron chi connectivity index (χ4n) is 3.54. The lowest BCUT2D eigenvalue weighted by Crippen LogP contribution is -2.38. The number of carbonyl (C=O) groups excluding carboxylic acids is 2. The van der Waals surface area contributed by atoms with E-state index >= 15 is 0 Å². The lowest BCUT2D eigenvalue weighted by atomic mass is 10.1. The van der Waals surface area contributed by atoms with Gasteiger partial charge in [-0.3, -0.25) is 9.59 Å². The summed E-state index contributed by atoms with van der Waals surface area (Å²) in [5, 5.41) is 2.90. The number of hydrogen-bond acceptors (Lipinski definition) is 3. The monoisotopic (exact) mass is 379 g/mol. The Bertz CT molecular complexity index is 768. The Balaban J connectivity index is 1.51. The molecule has 1 N–H and O–H groups in total. The molecule has 2 aromatic rings. The van der Waals surface area contributed by atoms with Gasteiger partial charge in [0.15, 0.2) is 0 Å². The van der Waals surface area contributed by atoms with E-state index in [0.29, 0.717) is 6.54 Å². The van der Waals surface area contributed by atoms with E-state index in [1.807, 2.05) is 42.5 Å². The minimum Gasteiger partial charge on any atom is -0.372 e. The number of nitrogens with zero attached hydrogens (tertiary/aromatic N) is 2. The van der Waals surface area contributed by atoms with E-state index < -0.39 is 0 Å². The average molecular weight is 380 g/mol. The van der Waals surface area contributed by atoms with Gasteiger partial charge in [-0.2, -0.15) is 0 Å². The van der Waals surface area contributed by atoms with Gasteiger partial charge in [-0.15, -0.1) is 0 Å². The summed E-state index contributed by atoms with van der Waals surface area (Å²) in [7, 11) is 0. The van der Waals surface area contributed by atoms with Crippen LogP contribution in [-0.4, -0.2) is 42.9 Å². The number of benzene rings is 2. The average Bonchev–Trinajstić information content (AvgIpc) is 2.73. The van der Waals surface area contributed by atoms with Crippen LogP contribution in [0.4, 0.5) is 11.4 Å². The Kier molecular flexibility index (Phi) is 7.06. The van der Waals surface area contributed by atoms with Crippen molar-refractivity contribution in [2.75, 3.05) is 36.4 Å². The van der Waals surface area contributed by atoms with Gasteiger partial charge >= 0.3 is 0 Å². The molecule has 0 spiro atoms. The molecule has 0 saturated carbocycles. The van der Waals surface area contributed by atoms with Gasteiger partial charge in [-0.1, -0.05) is 30.3 Å². The highest BCUT2D eigenvalue weighted by molar-refractivity contribution is 5.94. The van der Waals surface area contributed by atoms with Gasteiger partial charge in [0.2, 0.25) is 11.8 Å². The summed E-state index contributed by atoms with van der Waals surface area (Å²) in [6.07, 6.45) is 4.52. The molecule has 2 amide bonds. The molecule has 0 atom stereocenters. The van der Waals surface area contributed by atoms with Gasteiger partial charge < -0.3 is 15.1 Å². The van der Waals surface area contributed by atoms with Crippen molar-refractivity contribution in [1.82, 2.24) is 4.90 Å². The second-order valence-electron chi connectivity index (χ2n) is 7.32. The molecular formula is C23H29N3O2. The van der Waals surface area contributed by atoms with Crippen LogP contribution in [0.5, 0.6) is 0 Å². The van der Waals surface area contributed by atoms with Crippen molar-refractivity contribution in [1.29, 1.82) is 0 Å². The molecule has 2 aromatic carbocycles. The van der Waals surface area contributed by atoms with E-state index in [2.05, 4.69) is 22.3 Å². The lowest BCUT2D eigenvalue weighted by molar-refractivity contribution is -0.132. The number of anilines is 2. The lowest BCUT2D eigenvalue weighted by Gasteiger charge is -2.28. The highest BCUT2D eigenvalue weighted by Crippen LogP contribution is 2.21. The van der Waals surface area contributed by atoms with E-state index in [0.717, 1.165) is 30.8 Å². The van der Waals surface area contributed by atoms with Gasteiger partial charge in [-0.05, 0) is 55.5 Å². The standard InChI is InChI=1S/C23H29N3O2/c1-19(27)26(17-14-20-8-4-2-5-9-20)18-23(28)24-21-10-12-22(13-11-21)25-15-6-3-7-16-25/h2,4-5,8-13H,3,6-7,14-18H2,1H3,(H,24,28). The number of hydrogen-bond donors (Lipinski definition) is 1. The number of nitrogens with one attached hydrogen (secondary N) is 1. The van der Waals surface area contributed by atoms with Crippen LogP contribution in [0, 0.1) is 0 Å². The molecule has 0 radical (unpaired) electrons. The van der Waals surface area contributed by atoms with Crippen molar-refractivity contribution >= 4 is 23.2 Å². The van der Waals surface area contributed by atoms with Gasteiger partial charge in [0.05, 0.1) is 6.54 Å². The summed E-state index contributed by atoms with van der Waals surface area (Å²) < 4.78 is 0. The molecule has 1 heterocycles. The maximum atomic E-state index is 12.4. The molecule has 28 heavy (non-hydrogen) atoms. The largest absolute Gasteiger partial charge is 0.372 e. The molecular weight excluding hydrogens is 350 g/mol. The molecule has 0 unspecified atom stereocenters. The Morgan fingerprint density at radius 2 is 1.64 bits per heavy atom. The minimum absolute atomic E-state index is 0.0655. The van der Waals surface area contributed by atoms with E-state index in [1.54, 1.807) is 4.90 Å². The SMILES string of the molecule is CC(=O)N(CCc1ccccc1)CC(=O)Nc1ccc(N2CCCCC2)cc1. The van der Waals surface area contributed by atoms with E-state index in [1.165, 1.54) is 31.9 Å². The topological polar surface area (TPSA) is 52.7 Å². The third-order valence-electron chi connectivity index (χ3n) is 5.17. The Morgan fingerprint density at radius 1 is 0.964 bits per heavy atom. The Hall–Kier alpha value is -2.82. The fraction of sp³-hybridized carbons (Fsp3) is 0.391. The number of rotatable bonds is 7. The van der Waals surface area contributed by atoms with Crippen LogP contribution in [0.3, 0.4) is 0 Å². The Labute approximate surface area is 167 Å². The Morgan fingerprint density at radius 3 is 2.29 bits per heavy atom.